The van der Waals surface area contributed by atoms with E-state index in [1.165, 1.54) is 12.1 Å². The second kappa shape index (κ2) is 7.31. The minimum Gasteiger partial charge on any atom is -0.444 e. The highest BCUT2D eigenvalue weighted by atomic mass is 79.9. The number of nitrogens with one attached hydrogen (secondary N) is 2. The second-order valence-electron chi connectivity index (χ2n) is 5.87. The van der Waals surface area contributed by atoms with Gasteiger partial charge in [0.1, 0.15) is 11.4 Å². The summed E-state index contributed by atoms with van der Waals surface area (Å²) in [6.45, 7) is 5.83. The number of anilines is 2. The molecule has 2 aromatic rings. The predicted octanol–water partition coefficient (Wildman–Crippen LogP) is 5.61. The van der Waals surface area contributed by atoms with Crippen molar-refractivity contribution in [3.8, 4) is 0 Å². The molecule has 23 heavy (non-hydrogen) atoms. The summed E-state index contributed by atoms with van der Waals surface area (Å²) in [6, 6.07) is 6.28. The van der Waals surface area contributed by atoms with E-state index in [-0.39, 0.29) is 5.82 Å². The molecule has 0 radical (unpaired) electrons. The van der Waals surface area contributed by atoms with Crippen molar-refractivity contribution < 1.29 is 13.9 Å². The Morgan fingerprint density at radius 1 is 1.35 bits per heavy atom. The monoisotopic (exact) mass is 400 g/mol. The van der Waals surface area contributed by atoms with Crippen LogP contribution in [0.3, 0.4) is 0 Å². The Kier molecular flexibility index (Phi) is 5.64. The molecule has 1 aromatic carbocycles. The lowest BCUT2D eigenvalue weighted by Crippen LogP contribution is -2.27. The number of benzene rings is 1. The van der Waals surface area contributed by atoms with E-state index >= 15 is 0 Å². The number of hydrogen-bond donors (Lipinski definition) is 2. The molecular formula is C16H18BrFN2O2S. The molecule has 1 aromatic heterocycles. The molecule has 2 N–H and O–H groups in total. The van der Waals surface area contributed by atoms with Gasteiger partial charge in [-0.05, 0) is 66.3 Å². The van der Waals surface area contributed by atoms with E-state index in [2.05, 4.69) is 26.6 Å². The number of carbonyl (C=O) groups is 1. The van der Waals surface area contributed by atoms with Gasteiger partial charge in [-0.3, -0.25) is 5.32 Å². The Labute approximate surface area is 147 Å². The van der Waals surface area contributed by atoms with E-state index in [0.29, 0.717) is 17.9 Å². The van der Waals surface area contributed by atoms with Crippen LogP contribution in [0.2, 0.25) is 0 Å². The van der Waals surface area contributed by atoms with Gasteiger partial charge in [0, 0.05) is 15.0 Å². The highest BCUT2D eigenvalue weighted by Crippen LogP contribution is 2.25. The Bertz CT molecular complexity index is 698. The first-order chi connectivity index (χ1) is 10.7. The molecule has 1 amide bonds. The average Bonchev–Trinajstić information content (AvgIpc) is 2.83. The molecule has 0 saturated heterocycles. The number of thiophene rings is 1. The first kappa shape index (κ1) is 17.7. The second-order valence-corrected chi connectivity index (χ2v) is 7.72. The predicted molar refractivity (Wildman–Crippen MR) is 95.6 cm³/mol. The number of hydrogen-bond acceptors (Lipinski definition) is 4. The smallest absolute Gasteiger partial charge is 0.412 e. The van der Waals surface area contributed by atoms with E-state index in [1.807, 2.05) is 11.4 Å². The van der Waals surface area contributed by atoms with Gasteiger partial charge in [-0.1, -0.05) is 0 Å². The molecule has 124 valence electrons. The van der Waals surface area contributed by atoms with Crippen LogP contribution in [0.5, 0.6) is 0 Å². The molecule has 0 bridgehead atoms. The van der Waals surface area contributed by atoms with Crippen molar-refractivity contribution in [1.29, 1.82) is 0 Å². The fourth-order valence-electron chi connectivity index (χ4n) is 1.79. The molecule has 0 aliphatic heterocycles. The summed E-state index contributed by atoms with van der Waals surface area (Å²) in [6.07, 6.45) is -0.573. The van der Waals surface area contributed by atoms with E-state index in [1.54, 1.807) is 38.2 Å². The van der Waals surface area contributed by atoms with Gasteiger partial charge >= 0.3 is 6.09 Å². The summed E-state index contributed by atoms with van der Waals surface area (Å²) in [4.78, 5) is 12.8. The molecular weight excluding hydrogens is 383 g/mol. The summed E-state index contributed by atoms with van der Waals surface area (Å²) in [5.74, 6) is -0.382. The van der Waals surface area contributed by atoms with Crippen molar-refractivity contribution in [1.82, 2.24) is 0 Å². The maximum absolute atomic E-state index is 13.9. The summed E-state index contributed by atoms with van der Waals surface area (Å²) in [5.41, 5.74) is 0.198. The Hall–Kier alpha value is -1.60. The van der Waals surface area contributed by atoms with Gasteiger partial charge in [0.15, 0.2) is 0 Å². The Morgan fingerprint density at radius 3 is 2.70 bits per heavy atom. The van der Waals surface area contributed by atoms with Gasteiger partial charge < -0.3 is 10.1 Å². The van der Waals surface area contributed by atoms with Crippen LogP contribution in [-0.2, 0) is 11.3 Å². The van der Waals surface area contributed by atoms with Crippen LogP contribution in [0.25, 0.3) is 0 Å². The van der Waals surface area contributed by atoms with Crippen molar-refractivity contribution in [2.75, 3.05) is 10.6 Å². The van der Waals surface area contributed by atoms with Gasteiger partial charge in [0.05, 0.1) is 12.2 Å². The molecule has 0 fully saturated rings. The maximum Gasteiger partial charge on any atom is 0.412 e. The maximum atomic E-state index is 13.9. The first-order valence-corrected chi connectivity index (χ1v) is 8.67. The van der Waals surface area contributed by atoms with E-state index < -0.39 is 11.7 Å². The molecule has 0 saturated carbocycles. The minimum absolute atomic E-state index is 0.318. The van der Waals surface area contributed by atoms with Crippen molar-refractivity contribution >= 4 is 44.7 Å². The number of ether oxygens (including phenoxy) is 1. The van der Waals surface area contributed by atoms with Gasteiger partial charge in [-0.15, -0.1) is 11.3 Å². The quantitative estimate of drug-likeness (QED) is 0.700. The minimum atomic E-state index is -0.587. The zero-order valence-corrected chi connectivity index (χ0v) is 15.5. The van der Waals surface area contributed by atoms with Gasteiger partial charge in [-0.25, -0.2) is 9.18 Å². The standard InChI is InChI=1S/C16H18BrFN2O2S/c1-16(2,3)22-15(21)20-10-4-5-12(18)13(8-10)19-9-14-11(17)6-7-23-14/h4-8,19H,9H2,1-3H3,(H,20,21). The average molecular weight is 401 g/mol. The molecule has 2 rings (SSSR count). The van der Waals surface area contributed by atoms with Gasteiger partial charge in [0.25, 0.3) is 0 Å². The molecule has 0 aliphatic rings. The van der Waals surface area contributed by atoms with Crippen LogP contribution in [0.4, 0.5) is 20.6 Å². The Balaban J connectivity index is 2.04. The van der Waals surface area contributed by atoms with Crippen LogP contribution in [-0.4, -0.2) is 11.7 Å². The third-order valence-electron chi connectivity index (χ3n) is 2.74. The fourth-order valence-corrected chi connectivity index (χ4v) is 3.22. The lowest BCUT2D eigenvalue weighted by molar-refractivity contribution is 0.0636. The SMILES string of the molecule is CC(C)(C)OC(=O)Nc1ccc(F)c(NCc2sccc2Br)c1. The third kappa shape index (κ3) is 5.51. The van der Waals surface area contributed by atoms with E-state index in [9.17, 15) is 9.18 Å². The van der Waals surface area contributed by atoms with Crippen LogP contribution >= 0.6 is 27.3 Å². The van der Waals surface area contributed by atoms with Crippen LogP contribution < -0.4 is 10.6 Å². The summed E-state index contributed by atoms with van der Waals surface area (Å²) in [5, 5.41) is 7.58. The summed E-state index contributed by atoms with van der Waals surface area (Å²) in [7, 11) is 0. The highest BCUT2D eigenvalue weighted by Gasteiger charge is 2.16. The van der Waals surface area contributed by atoms with Crippen molar-refractivity contribution in [2.24, 2.45) is 0 Å². The van der Waals surface area contributed by atoms with E-state index in [4.69, 9.17) is 4.74 Å². The van der Waals surface area contributed by atoms with Crippen LogP contribution in [0, 0.1) is 5.82 Å². The molecule has 0 unspecified atom stereocenters. The number of halogens is 2. The molecule has 0 spiro atoms. The van der Waals surface area contributed by atoms with Gasteiger partial charge in [-0.2, -0.15) is 0 Å². The summed E-state index contributed by atoms with van der Waals surface area (Å²) < 4.78 is 20.1. The molecule has 1 heterocycles. The molecule has 4 nitrogen and oxygen atoms in total. The largest absolute Gasteiger partial charge is 0.444 e. The number of carbonyl (C=O) groups excluding carboxylic acids is 1. The number of amides is 1. The Morgan fingerprint density at radius 2 is 2.09 bits per heavy atom. The molecule has 7 heteroatoms. The topological polar surface area (TPSA) is 50.4 Å². The molecule has 0 atom stereocenters. The van der Waals surface area contributed by atoms with Crippen molar-refractivity contribution in [3.63, 3.8) is 0 Å². The number of rotatable bonds is 4. The van der Waals surface area contributed by atoms with Crippen LogP contribution in [0.1, 0.15) is 25.6 Å². The zero-order chi connectivity index (χ0) is 17.0. The fraction of sp³-hybridized carbons (Fsp3) is 0.312. The summed E-state index contributed by atoms with van der Waals surface area (Å²) >= 11 is 5.01. The van der Waals surface area contributed by atoms with Crippen molar-refractivity contribution in [3.05, 3.63) is 44.8 Å². The van der Waals surface area contributed by atoms with Crippen molar-refractivity contribution in [2.45, 2.75) is 32.9 Å². The normalized spacial score (nSPS) is 11.2. The lowest BCUT2D eigenvalue weighted by Gasteiger charge is -2.20. The van der Waals surface area contributed by atoms with Gasteiger partial charge in [0.2, 0.25) is 0 Å². The van der Waals surface area contributed by atoms with E-state index in [0.717, 1.165) is 9.35 Å². The first-order valence-electron chi connectivity index (χ1n) is 7.00. The molecule has 0 aliphatic carbocycles. The van der Waals surface area contributed by atoms with Crippen LogP contribution in [0.15, 0.2) is 34.1 Å². The zero-order valence-electron chi connectivity index (χ0n) is 13.1. The third-order valence-corrected chi connectivity index (χ3v) is 4.67. The lowest BCUT2D eigenvalue weighted by atomic mass is 10.2. The highest BCUT2D eigenvalue weighted by molar-refractivity contribution is 9.10.